The average molecular weight is 290 g/mol. The van der Waals surface area contributed by atoms with Gasteiger partial charge in [-0.05, 0) is 30.7 Å². The minimum atomic E-state index is -4.74. The molecule has 1 fully saturated rings. The van der Waals surface area contributed by atoms with Crippen molar-refractivity contribution in [3.05, 3.63) is 24.3 Å². The first-order chi connectivity index (χ1) is 9.33. The van der Waals surface area contributed by atoms with Crippen molar-refractivity contribution in [1.29, 1.82) is 0 Å². The Morgan fingerprint density at radius 3 is 2.50 bits per heavy atom. The zero-order valence-electron chi connectivity index (χ0n) is 10.4. The topological polar surface area (TPSA) is 61.8 Å². The van der Waals surface area contributed by atoms with Gasteiger partial charge in [-0.3, -0.25) is 0 Å². The van der Waals surface area contributed by atoms with Crippen molar-refractivity contribution in [3.63, 3.8) is 0 Å². The highest BCUT2D eigenvalue weighted by molar-refractivity contribution is 5.89. The van der Waals surface area contributed by atoms with Crippen LogP contribution in [-0.2, 0) is 0 Å². The summed E-state index contributed by atoms with van der Waals surface area (Å²) >= 11 is 0. The first-order valence-electron chi connectivity index (χ1n) is 5.93. The Morgan fingerprint density at radius 2 is 2.00 bits per heavy atom. The van der Waals surface area contributed by atoms with Gasteiger partial charge in [0.25, 0.3) is 0 Å². The van der Waals surface area contributed by atoms with Gasteiger partial charge in [-0.25, -0.2) is 4.79 Å². The van der Waals surface area contributed by atoms with E-state index in [2.05, 4.69) is 10.1 Å². The van der Waals surface area contributed by atoms with Gasteiger partial charge >= 0.3 is 12.4 Å². The number of β-amino-alcohol motifs (C(OH)–C–C–N with tert-alkyl or cyclic N) is 1. The second-order valence-corrected chi connectivity index (χ2v) is 4.39. The van der Waals surface area contributed by atoms with Crippen LogP contribution in [0.15, 0.2) is 24.3 Å². The predicted molar refractivity (Wildman–Crippen MR) is 64.3 cm³/mol. The van der Waals surface area contributed by atoms with Crippen LogP contribution < -0.4 is 10.1 Å². The van der Waals surface area contributed by atoms with Crippen LogP contribution in [0.25, 0.3) is 0 Å². The molecule has 0 unspecified atom stereocenters. The molecule has 1 heterocycles. The third-order valence-corrected chi connectivity index (χ3v) is 2.79. The molecule has 8 heteroatoms. The Kier molecular flexibility index (Phi) is 4.03. The van der Waals surface area contributed by atoms with Crippen molar-refractivity contribution in [2.75, 3.05) is 18.4 Å². The molecule has 5 nitrogen and oxygen atoms in total. The van der Waals surface area contributed by atoms with E-state index in [4.69, 9.17) is 0 Å². The number of carbonyl (C=O) groups excluding carboxylic acids is 1. The molecular formula is C12H13F3N2O3. The Balaban J connectivity index is 1.92. The summed E-state index contributed by atoms with van der Waals surface area (Å²) in [6.45, 7) is 0.698. The highest BCUT2D eigenvalue weighted by atomic mass is 19.4. The van der Waals surface area contributed by atoms with Crippen molar-refractivity contribution in [1.82, 2.24) is 4.90 Å². The zero-order valence-corrected chi connectivity index (χ0v) is 10.4. The van der Waals surface area contributed by atoms with Crippen LogP contribution in [0.3, 0.4) is 0 Å². The predicted octanol–water partition coefficient (Wildman–Crippen LogP) is 2.18. The molecule has 1 aliphatic heterocycles. The molecule has 1 aliphatic rings. The summed E-state index contributed by atoms with van der Waals surface area (Å²) in [6, 6.07) is 4.45. The van der Waals surface area contributed by atoms with Gasteiger partial charge in [0.2, 0.25) is 0 Å². The van der Waals surface area contributed by atoms with Crippen LogP contribution in [0.1, 0.15) is 6.42 Å². The number of nitrogens with zero attached hydrogens (tertiary/aromatic N) is 1. The maximum atomic E-state index is 12.0. The molecule has 0 aromatic heterocycles. The van der Waals surface area contributed by atoms with Crippen LogP contribution in [0.2, 0.25) is 0 Å². The van der Waals surface area contributed by atoms with Gasteiger partial charge in [-0.2, -0.15) is 0 Å². The molecule has 1 atom stereocenters. The smallest absolute Gasteiger partial charge is 0.406 e. The molecule has 20 heavy (non-hydrogen) atoms. The Morgan fingerprint density at radius 1 is 1.35 bits per heavy atom. The third kappa shape index (κ3) is 4.02. The van der Waals surface area contributed by atoms with Crippen molar-refractivity contribution in [2.24, 2.45) is 0 Å². The summed E-state index contributed by atoms with van der Waals surface area (Å²) in [7, 11) is 0. The fraction of sp³-hybridized carbons (Fsp3) is 0.417. The number of urea groups is 1. The Labute approximate surface area is 112 Å². The number of nitrogens with one attached hydrogen (secondary N) is 1. The second kappa shape index (κ2) is 5.58. The number of hydrogen-bond acceptors (Lipinski definition) is 3. The minimum absolute atomic E-state index is 0.251. The Hall–Kier alpha value is -1.96. The summed E-state index contributed by atoms with van der Waals surface area (Å²) in [4.78, 5) is 13.2. The number of amides is 2. The van der Waals surface area contributed by atoms with E-state index >= 15 is 0 Å². The van der Waals surface area contributed by atoms with E-state index in [0.29, 0.717) is 18.7 Å². The number of ether oxygens (including phenoxy) is 1. The molecular weight excluding hydrogens is 277 g/mol. The van der Waals surface area contributed by atoms with E-state index < -0.39 is 18.5 Å². The van der Waals surface area contributed by atoms with Crippen molar-refractivity contribution in [3.8, 4) is 5.75 Å². The lowest BCUT2D eigenvalue weighted by Gasteiger charge is -2.16. The molecule has 2 amide bonds. The first kappa shape index (κ1) is 14.4. The number of hydrogen-bond donors (Lipinski definition) is 2. The lowest BCUT2D eigenvalue weighted by atomic mass is 10.3. The number of halogens is 3. The normalized spacial score (nSPS) is 19.0. The average Bonchev–Trinajstić information content (AvgIpc) is 2.77. The van der Waals surface area contributed by atoms with E-state index in [1.807, 2.05) is 0 Å². The largest absolute Gasteiger partial charge is 0.573 e. The lowest BCUT2D eigenvalue weighted by molar-refractivity contribution is -0.274. The molecule has 0 radical (unpaired) electrons. The fourth-order valence-electron chi connectivity index (χ4n) is 1.87. The molecule has 2 N–H and O–H groups in total. The fourth-order valence-corrected chi connectivity index (χ4v) is 1.87. The van der Waals surface area contributed by atoms with E-state index in [1.165, 1.54) is 17.0 Å². The van der Waals surface area contributed by atoms with Crippen LogP contribution in [0.4, 0.5) is 23.7 Å². The van der Waals surface area contributed by atoms with Crippen molar-refractivity contribution in [2.45, 2.75) is 18.9 Å². The van der Waals surface area contributed by atoms with Crippen LogP contribution in [0.5, 0.6) is 5.75 Å². The molecule has 0 saturated carbocycles. The van der Waals surface area contributed by atoms with Crippen LogP contribution in [-0.4, -0.2) is 41.6 Å². The molecule has 1 saturated heterocycles. The molecule has 0 spiro atoms. The number of aliphatic hydroxyl groups is 1. The Bertz CT molecular complexity index is 476. The van der Waals surface area contributed by atoms with Gasteiger partial charge in [0.1, 0.15) is 5.75 Å². The van der Waals surface area contributed by atoms with Gasteiger partial charge in [0.15, 0.2) is 0 Å². The molecule has 1 aromatic rings. The number of benzene rings is 1. The number of carbonyl (C=O) groups is 1. The van der Waals surface area contributed by atoms with Gasteiger partial charge < -0.3 is 20.1 Å². The SMILES string of the molecule is O=C(Nc1ccc(OC(F)(F)F)cc1)N1CC[C@@H](O)C1. The lowest BCUT2D eigenvalue weighted by Crippen LogP contribution is -2.33. The van der Waals surface area contributed by atoms with Crippen LogP contribution in [0, 0.1) is 0 Å². The van der Waals surface area contributed by atoms with E-state index in [-0.39, 0.29) is 12.3 Å². The minimum Gasteiger partial charge on any atom is -0.406 e. The maximum absolute atomic E-state index is 12.0. The molecule has 110 valence electrons. The molecule has 0 bridgehead atoms. The van der Waals surface area contributed by atoms with Crippen LogP contribution >= 0.6 is 0 Å². The number of anilines is 1. The number of likely N-dealkylation sites (tertiary alicyclic amines) is 1. The zero-order chi connectivity index (χ0) is 14.8. The standard InChI is InChI=1S/C12H13F3N2O3/c13-12(14,15)20-10-3-1-8(2-4-10)16-11(19)17-6-5-9(18)7-17/h1-4,9,18H,5-7H2,(H,16,19)/t9-/m1/s1. The summed E-state index contributed by atoms with van der Waals surface area (Å²) < 4.78 is 39.6. The van der Waals surface area contributed by atoms with E-state index in [9.17, 15) is 23.1 Å². The van der Waals surface area contributed by atoms with Crippen molar-refractivity contribution >= 4 is 11.7 Å². The second-order valence-electron chi connectivity index (χ2n) is 4.39. The first-order valence-corrected chi connectivity index (χ1v) is 5.93. The highest BCUT2D eigenvalue weighted by Crippen LogP contribution is 2.24. The van der Waals surface area contributed by atoms with Gasteiger partial charge in [0.05, 0.1) is 6.10 Å². The van der Waals surface area contributed by atoms with Gasteiger partial charge in [-0.1, -0.05) is 0 Å². The summed E-state index contributed by atoms with van der Waals surface area (Å²) in [6.07, 6.45) is -4.74. The maximum Gasteiger partial charge on any atom is 0.573 e. The van der Waals surface area contributed by atoms with E-state index in [0.717, 1.165) is 12.1 Å². The summed E-state index contributed by atoms with van der Waals surface area (Å²) in [5.74, 6) is -0.355. The van der Waals surface area contributed by atoms with E-state index in [1.54, 1.807) is 0 Å². The highest BCUT2D eigenvalue weighted by Gasteiger charge is 2.31. The van der Waals surface area contributed by atoms with Gasteiger partial charge in [-0.15, -0.1) is 13.2 Å². The monoisotopic (exact) mass is 290 g/mol. The quantitative estimate of drug-likeness (QED) is 0.877. The molecule has 1 aromatic carbocycles. The summed E-state index contributed by atoms with van der Waals surface area (Å²) in [5.41, 5.74) is 0.353. The number of alkyl halides is 3. The number of rotatable bonds is 2. The molecule has 0 aliphatic carbocycles. The summed E-state index contributed by atoms with van der Waals surface area (Å²) in [5, 5.41) is 11.8. The third-order valence-electron chi connectivity index (χ3n) is 2.79. The molecule has 2 rings (SSSR count). The van der Waals surface area contributed by atoms with Gasteiger partial charge in [0, 0.05) is 18.8 Å². The number of aliphatic hydroxyl groups excluding tert-OH is 1. The van der Waals surface area contributed by atoms with Crippen molar-refractivity contribution < 1.29 is 27.8 Å².